The Labute approximate surface area is 229 Å². The summed E-state index contributed by atoms with van der Waals surface area (Å²) >= 11 is 4.35. The van der Waals surface area contributed by atoms with Crippen molar-refractivity contribution in [1.82, 2.24) is 21.3 Å². The smallest absolute Gasteiger partial charge is 0.408 e. The molecular formula is C28H49N5O3S. The fourth-order valence-electron chi connectivity index (χ4n) is 5.25. The van der Waals surface area contributed by atoms with Gasteiger partial charge in [0.2, 0.25) is 5.12 Å². The van der Waals surface area contributed by atoms with Gasteiger partial charge in [-0.05, 0) is 77.3 Å². The number of alkyl carbamates (subject to hydrolysis) is 1. The van der Waals surface area contributed by atoms with Gasteiger partial charge in [0.25, 0.3) is 0 Å². The Kier molecular flexibility index (Phi) is 12.3. The molecule has 0 aromatic rings. The van der Waals surface area contributed by atoms with E-state index in [9.17, 15) is 9.59 Å². The van der Waals surface area contributed by atoms with Crippen molar-refractivity contribution in [2.24, 2.45) is 16.3 Å². The van der Waals surface area contributed by atoms with Crippen LogP contribution in [0.5, 0.6) is 0 Å². The molecule has 2 heterocycles. The second-order valence-corrected chi connectivity index (χ2v) is 12.1. The van der Waals surface area contributed by atoms with Gasteiger partial charge in [0.15, 0.2) is 0 Å². The molecule has 37 heavy (non-hydrogen) atoms. The van der Waals surface area contributed by atoms with Crippen LogP contribution in [-0.4, -0.2) is 67.3 Å². The third-order valence-corrected chi connectivity index (χ3v) is 7.87. The first kappa shape index (κ1) is 31.5. The molecule has 0 fully saturated rings. The van der Waals surface area contributed by atoms with E-state index < -0.39 is 22.6 Å². The number of thiol groups is 1. The summed E-state index contributed by atoms with van der Waals surface area (Å²) in [5, 5.41) is 13.2. The lowest BCUT2D eigenvalue weighted by Gasteiger charge is -2.49. The maximum absolute atomic E-state index is 13.3. The molecule has 0 saturated heterocycles. The predicted molar refractivity (Wildman–Crippen MR) is 155 cm³/mol. The first-order valence-corrected chi connectivity index (χ1v) is 14.1. The van der Waals surface area contributed by atoms with Crippen LogP contribution < -0.4 is 21.3 Å². The first-order valence-electron chi connectivity index (χ1n) is 13.6. The maximum atomic E-state index is 13.3. The van der Waals surface area contributed by atoms with Crippen molar-refractivity contribution in [2.45, 2.75) is 84.3 Å². The number of carbonyl (C=O) groups is 2. The average molecular weight is 536 g/mol. The maximum Gasteiger partial charge on any atom is 0.408 e. The van der Waals surface area contributed by atoms with Gasteiger partial charge in [-0.15, -0.1) is 19.2 Å². The van der Waals surface area contributed by atoms with Crippen molar-refractivity contribution >= 4 is 29.5 Å². The van der Waals surface area contributed by atoms with Crippen LogP contribution in [0.1, 0.15) is 73.1 Å². The van der Waals surface area contributed by atoms with Crippen LogP contribution >= 0.6 is 12.6 Å². The third-order valence-electron chi connectivity index (χ3n) is 7.49. The minimum absolute atomic E-state index is 0.142. The van der Waals surface area contributed by atoms with Gasteiger partial charge >= 0.3 is 6.09 Å². The van der Waals surface area contributed by atoms with Crippen LogP contribution in [0.15, 0.2) is 29.4 Å². The van der Waals surface area contributed by atoms with Gasteiger partial charge in [-0.25, -0.2) is 4.79 Å². The van der Waals surface area contributed by atoms with E-state index in [4.69, 9.17) is 9.73 Å². The zero-order chi connectivity index (χ0) is 27.5. The number of hydrogen-bond acceptors (Lipinski definition) is 7. The minimum atomic E-state index is -1.20. The van der Waals surface area contributed by atoms with E-state index >= 15 is 0 Å². The molecule has 1 amide bonds. The fraction of sp³-hybridized carbons (Fsp3) is 0.750. The van der Waals surface area contributed by atoms with E-state index in [0.29, 0.717) is 12.8 Å². The zero-order valence-corrected chi connectivity index (χ0v) is 24.4. The predicted octanol–water partition coefficient (Wildman–Crippen LogP) is 4.00. The Morgan fingerprint density at radius 1 is 1.11 bits per heavy atom. The summed E-state index contributed by atoms with van der Waals surface area (Å²) in [7, 11) is 0. The molecule has 0 spiro atoms. The molecule has 8 nitrogen and oxygen atoms in total. The van der Waals surface area contributed by atoms with E-state index in [-0.39, 0.29) is 11.0 Å². The van der Waals surface area contributed by atoms with E-state index in [0.717, 1.165) is 76.4 Å². The highest BCUT2D eigenvalue weighted by Crippen LogP contribution is 2.46. The number of nitrogens with zero attached hydrogens (tertiary/aromatic N) is 1. The van der Waals surface area contributed by atoms with Crippen molar-refractivity contribution < 1.29 is 14.3 Å². The number of amides is 1. The molecule has 0 radical (unpaired) electrons. The second kappa shape index (κ2) is 14.5. The molecule has 9 heteroatoms. The zero-order valence-electron chi connectivity index (χ0n) is 23.5. The summed E-state index contributed by atoms with van der Waals surface area (Å²) < 4.78 is 5.58. The van der Waals surface area contributed by atoms with Gasteiger partial charge in [0, 0.05) is 38.3 Å². The number of carbonyl (C=O) groups excluding carboxylic acids is 2. The van der Waals surface area contributed by atoms with Gasteiger partial charge in [-0.3, -0.25) is 9.79 Å². The number of nitrogens with one attached hydrogen (secondary N) is 4. The Morgan fingerprint density at radius 2 is 1.81 bits per heavy atom. The Balaban J connectivity index is 2.28. The molecule has 2 aliphatic rings. The SMILES string of the molecule is C=CCCC(NC(=O)OC(C)(C)C)(C(=O)S)C(C)(C)C1CCCNCCNCC2=CCC(=N2)CNCC1. The van der Waals surface area contributed by atoms with Crippen LogP contribution in [0.3, 0.4) is 0 Å². The summed E-state index contributed by atoms with van der Waals surface area (Å²) in [6.45, 7) is 18.5. The molecule has 4 N–H and O–H groups in total. The Hall–Kier alpha value is -1.68. The molecule has 0 aromatic carbocycles. The molecule has 2 atom stereocenters. The van der Waals surface area contributed by atoms with Gasteiger partial charge < -0.3 is 26.0 Å². The average Bonchev–Trinajstić information content (AvgIpc) is 3.24. The number of fused-ring (bicyclic) bond motifs is 1. The van der Waals surface area contributed by atoms with Crippen LogP contribution in [0, 0.1) is 11.3 Å². The summed E-state index contributed by atoms with van der Waals surface area (Å²) in [6.07, 6.45) is 7.97. The Morgan fingerprint density at radius 3 is 2.49 bits per heavy atom. The normalized spacial score (nSPS) is 22.3. The molecule has 0 aliphatic carbocycles. The summed E-state index contributed by atoms with van der Waals surface area (Å²) in [5.74, 6) is 0.142. The van der Waals surface area contributed by atoms with Crippen LogP contribution in [0.4, 0.5) is 4.79 Å². The highest BCUT2D eigenvalue weighted by Gasteiger charge is 2.54. The number of aliphatic imine (C=N–C) groups is 1. The second-order valence-electron chi connectivity index (χ2n) is 11.7. The number of hydrogen-bond donors (Lipinski definition) is 5. The minimum Gasteiger partial charge on any atom is -0.444 e. The Bertz CT molecular complexity index is 849. The molecule has 2 bridgehead atoms. The van der Waals surface area contributed by atoms with E-state index in [2.05, 4.69) is 60.4 Å². The monoisotopic (exact) mass is 535 g/mol. The van der Waals surface area contributed by atoms with Crippen LogP contribution in [-0.2, 0) is 9.53 Å². The topological polar surface area (TPSA) is 104 Å². The quantitative estimate of drug-likeness (QED) is 0.249. The molecule has 2 aliphatic heterocycles. The van der Waals surface area contributed by atoms with Crippen molar-refractivity contribution in [3.63, 3.8) is 0 Å². The van der Waals surface area contributed by atoms with Crippen molar-refractivity contribution in [3.8, 4) is 0 Å². The number of allylic oxidation sites excluding steroid dienone is 2. The lowest BCUT2D eigenvalue weighted by molar-refractivity contribution is -0.124. The number of ether oxygens (including phenoxy) is 1. The van der Waals surface area contributed by atoms with Crippen molar-refractivity contribution in [2.75, 3.05) is 39.3 Å². The highest BCUT2D eigenvalue weighted by molar-refractivity contribution is 7.96. The van der Waals surface area contributed by atoms with Gasteiger partial charge in [-0.2, -0.15) is 0 Å². The van der Waals surface area contributed by atoms with Crippen LogP contribution in [0.2, 0.25) is 0 Å². The summed E-state index contributed by atoms with van der Waals surface area (Å²) in [6, 6.07) is 0. The fourth-order valence-corrected chi connectivity index (χ4v) is 5.70. The molecule has 2 unspecified atom stereocenters. The molecule has 0 saturated carbocycles. The highest BCUT2D eigenvalue weighted by atomic mass is 32.1. The standard InChI is InChI=1S/C28H49N5O3S/c1-7-8-14-28(24(34)37,33-25(35)36-26(2,3)4)27(5,6)21-10-9-15-29-17-18-31-20-23-12-11-22(32-23)19-30-16-13-21/h7,12,21,29-31H,1,8-11,13-20H2,2-6H3,(H,33,35)(H,34,37). The van der Waals surface area contributed by atoms with E-state index in [1.807, 2.05) is 20.8 Å². The number of rotatable bonds is 7. The van der Waals surface area contributed by atoms with Crippen molar-refractivity contribution in [3.05, 3.63) is 24.4 Å². The molecule has 210 valence electrons. The van der Waals surface area contributed by atoms with E-state index in [1.54, 1.807) is 6.08 Å². The van der Waals surface area contributed by atoms with Gasteiger partial charge in [-0.1, -0.05) is 26.0 Å². The van der Waals surface area contributed by atoms with E-state index in [1.165, 1.54) is 0 Å². The molecule has 2 rings (SSSR count). The summed E-state index contributed by atoms with van der Waals surface area (Å²) in [4.78, 5) is 31.0. The third kappa shape index (κ3) is 9.53. The largest absolute Gasteiger partial charge is 0.444 e. The molecule has 0 aromatic heterocycles. The first-order chi connectivity index (χ1) is 17.4. The van der Waals surface area contributed by atoms with Crippen molar-refractivity contribution in [1.29, 1.82) is 0 Å². The molecular weight excluding hydrogens is 486 g/mol. The summed E-state index contributed by atoms with van der Waals surface area (Å²) in [5.41, 5.74) is -0.225. The van der Waals surface area contributed by atoms with Gasteiger partial charge in [0.05, 0.1) is 5.70 Å². The van der Waals surface area contributed by atoms with Crippen LogP contribution in [0.25, 0.3) is 0 Å². The lowest BCUT2D eigenvalue weighted by atomic mass is 9.61. The lowest BCUT2D eigenvalue weighted by Crippen LogP contribution is -2.64. The van der Waals surface area contributed by atoms with Gasteiger partial charge in [0.1, 0.15) is 11.1 Å².